The molecule has 1 N–H and O–H groups in total. The zero-order valence-electron chi connectivity index (χ0n) is 11.7. The van der Waals surface area contributed by atoms with E-state index in [1.807, 2.05) is 32.0 Å². The molecule has 0 atom stereocenters. The first-order chi connectivity index (χ1) is 9.97. The molecule has 0 aliphatic heterocycles. The number of aryl methyl sites for hydroxylation is 2. The van der Waals surface area contributed by atoms with Crippen LogP contribution in [0.15, 0.2) is 41.3 Å². The Morgan fingerprint density at radius 2 is 1.81 bits per heavy atom. The molecule has 0 aliphatic rings. The molecule has 21 heavy (non-hydrogen) atoms. The molecule has 2 aromatic carbocycles. The highest BCUT2D eigenvalue weighted by molar-refractivity contribution is 8.00. The van der Waals surface area contributed by atoms with Gasteiger partial charge in [-0.2, -0.15) is 0 Å². The fraction of sp³-hybridized carbons (Fsp3) is 0.188. The van der Waals surface area contributed by atoms with Gasteiger partial charge in [-0.3, -0.25) is 4.79 Å². The Labute approximate surface area is 126 Å². The molecular weight excluding hydrogens is 292 g/mol. The minimum atomic E-state index is -0.778. The molecule has 1 amide bonds. The van der Waals surface area contributed by atoms with Gasteiger partial charge in [0.1, 0.15) is 17.3 Å². The summed E-state index contributed by atoms with van der Waals surface area (Å²) in [5, 5.41) is 2.27. The second-order valence-corrected chi connectivity index (χ2v) is 5.72. The molecule has 110 valence electrons. The molecule has 0 bridgehead atoms. The van der Waals surface area contributed by atoms with Crippen LogP contribution < -0.4 is 5.32 Å². The van der Waals surface area contributed by atoms with Crippen LogP contribution in [0.1, 0.15) is 11.1 Å². The van der Waals surface area contributed by atoms with E-state index in [-0.39, 0.29) is 5.75 Å². The summed E-state index contributed by atoms with van der Waals surface area (Å²) >= 11 is 1.34. The lowest BCUT2D eigenvalue weighted by molar-refractivity contribution is -0.113. The topological polar surface area (TPSA) is 29.1 Å². The summed E-state index contributed by atoms with van der Waals surface area (Å²) in [6.07, 6.45) is 0. The van der Waals surface area contributed by atoms with Crippen LogP contribution in [-0.2, 0) is 4.79 Å². The number of para-hydroxylation sites is 1. The lowest BCUT2D eigenvalue weighted by atomic mass is 10.2. The van der Waals surface area contributed by atoms with Gasteiger partial charge in [-0.05, 0) is 37.6 Å². The molecule has 0 saturated carbocycles. The number of carbonyl (C=O) groups is 1. The number of benzene rings is 2. The van der Waals surface area contributed by atoms with Gasteiger partial charge in [0.2, 0.25) is 5.91 Å². The third-order valence-electron chi connectivity index (χ3n) is 2.93. The van der Waals surface area contributed by atoms with Crippen LogP contribution in [0.25, 0.3) is 0 Å². The van der Waals surface area contributed by atoms with Crippen molar-refractivity contribution >= 4 is 23.4 Å². The predicted octanol–water partition coefficient (Wildman–Crippen LogP) is 4.31. The second-order valence-electron chi connectivity index (χ2n) is 4.70. The number of amides is 1. The minimum absolute atomic E-state index is 0.0953. The molecule has 2 rings (SSSR count). The van der Waals surface area contributed by atoms with E-state index < -0.39 is 23.2 Å². The Morgan fingerprint density at radius 3 is 2.48 bits per heavy atom. The van der Waals surface area contributed by atoms with Crippen molar-refractivity contribution in [2.24, 2.45) is 0 Å². The minimum Gasteiger partial charge on any atom is -0.320 e. The first kappa shape index (κ1) is 15.5. The highest BCUT2D eigenvalue weighted by Gasteiger charge is 2.12. The van der Waals surface area contributed by atoms with Crippen LogP contribution >= 0.6 is 11.8 Å². The summed E-state index contributed by atoms with van der Waals surface area (Å²) in [5.41, 5.74) is 1.77. The van der Waals surface area contributed by atoms with Crippen molar-refractivity contribution in [1.82, 2.24) is 0 Å². The summed E-state index contributed by atoms with van der Waals surface area (Å²) in [6.45, 7) is 3.93. The van der Waals surface area contributed by atoms with Crippen LogP contribution in [0.2, 0.25) is 0 Å². The van der Waals surface area contributed by atoms with Crippen molar-refractivity contribution < 1.29 is 13.6 Å². The Balaban J connectivity index is 2.01. The molecule has 5 heteroatoms. The molecule has 0 spiro atoms. The predicted molar refractivity (Wildman–Crippen MR) is 81.6 cm³/mol. The van der Waals surface area contributed by atoms with E-state index in [4.69, 9.17) is 0 Å². The highest BCUT2D eigenvalue weighted by Crippen LogP contribution is 2.24. The number of carbonyl (C=O) groups excluding carboxylic acids is 1. The maximum Gasteiger partial charge on any atom is 0.234 e. The monoisotopic (exact) mass is 307 g/mol. The summed E-state index contributed by atoms with van der Waals surface area (Å²) in [6, 6.07) is 9.43. The number of nitrogens with one attached hydrogen (secondary N) is 1. The second kappa shape index (κ2) is 6.72. The molecule has 2 nitrogen and oxygen atoms in total. The third kappa shape index (κ3) is 4.04. The van der Waals surface area contributed by atoms with Crippen LogP contribution in [-0.4, -0.2) is 11.7 Å². The van der Waals surface area contributed by atoms with Gasteiger partial charge in [0.25, 0.3) is 0 Å². The van der Waals surface area contributed by atoms with Gasteiger partial charge in [0.15, 0.2) is 0 Å². The fourth-order valence-corrected chi connectivity index (χ4v) is 2.72. The molecule has 0 fully saturated rings. The average Bonchev–Trinajstić information content (AvgIpc) is 2.44. The Kier molecular flexibility index (Phi) is 4.96. The van der Waals surface area contributed by atoms with Crippen LogP contribution in [0, 0.1) is 25.5 Å². The molecule has 0 saturated heterocycles. The van der Waals surface area contributed by atoms with Gasteiger partial charge in [-0.1, -0.05) is 23.8 Å². The molecule has 0 heterocycles. The smallest absolute Gasteiger partial charge is 0.234 e. The Bertz CT molecular complexity index is 653. The van der Waals surface area contributed by atoms with E-state index in [1.54, 1.807) is 0 Å². The van der Waals surface area contributed by atoms with Crippen molar-refractivity contribution in [3.8, 4) is 0 Å². The average molecular weight is 307 g/mol. The molecule has 0 unspecified atom stereocenters. The lowest BCUT2D eigenvalue weighted by Gasteiger charge is -2.09. The zero-order chi connectivity index (χ0) is 15.4. The van der Waals surface area contributed by atoms with Gasteiger partial charge >= 0.3 is 0 Å². The van der Waals surface area contributed by atoms with Crippen molar-refractivity contribution in [2.45, 2.75) is 18.7 Å². The number of anilines is 1. The number of thioether (sulfide) groups is 1. The van der Waals surface area contributed by atoms with Crippen LogP contribution in [0.3, 0.4) is 0 Å². The first-order valence-corrected chi connectivity index (χ1v) is 7.40. The fourth-order valence-electron chi connectivity index (χ4n) is 1.80. The first-order valence-electron chi connectivity index (χ1n) is 6.41. The largest absolute Gasteiger partial charge is 0.320 e. The summed E-state index contributed by atoms with van der Waals surface area (Å²) in [7, 11) is 0. The van der Waals surface area contributed by atoms with E-state index in [0.717, 1.165) is 28.2 Å². The zero-order valence-corrected chi connectivity index (χ0v) is 12.6. The molecular formula is C16H15F2NOS. The molecule has 0 aromatic heterocycles. The van der Waals surface area contributed by atoms with Crippen molar-refractivity contribution in [3.63, 3.8) is 0 Å². The standard InChI is InChI=1S/C16H15F2NOS/c1-10-6-7-11(2)14(8-10)21-9-15(20)19-16-12(17)4-3-5-13(16)18/h3-8H,9H2,1-2H3,(H,19,20). The number of hydrogen-bond acceptors (Lipinski definition) is 2. The van der Waals surface area contributed by atoms with Gasteiger partial charge in [0.05, 0.1) is 5.75 Å². The van der Waals surface area contributed by atoms with E-state index in [1.165, 1.54) is 17.8 Å². The number of hydrogen-bond donors (Lipinski definition) is 1. The number of rotatable bonds is 4. The lowest BCUT2D eigenvalue weighted by Crippen LogP contribution is -2.16. The SMILES string of the molecule is Cc1ccc(C)c(SCC(=O)Nc2c(F)cccc2F)c1. The van der Waals surface area contributed by atoms with E-state index in [2.05, 4.69) is 5.32 Å². The maximum atomic E-state index is 13.4. The molecule has 0 radical (unpaired) electrons. The van der Waals surface area contributed by atoms with Gasteiger partial charge < -0.3 is 5.32 Å². The normalized spacial score (nSPS) is 10.5. The summed E-state index contributed by atoms with van der Waals surface area (Å²) in [5.74, 6) is -1.90. The Morgan fingerprint density at radius 1 is 1.14 bits per heavy atom. The third-order valence-corrected chi connectivity index (χ3v) is 4.09. The quantitative estimate of drug-likeness (QED) is 0.853. The van der Waals surface area contributed by atoms with E-state index in [0.29, 0.717) is 0 Å². The van der Waals surface area contributed by atoms with Crippen molar-refractivity contribution in [1.29, 1.82) is 0 Å². The van der Waals surface area contributed by atoms with Crippen LogP contribution in [0.4, 0.5) is 14.5 Å². The van der Waals surface area contributed by atoms with Crippen LogP contribution in [0.5, 0.6) is 0 Å². The highest BCUT2D eigenvalue weighted by atomic mass is 32.2. The molecule has 0 aliphatic carbocycles. The van der Waals surface area contributed by atoms with E-state index in [9.17, 15) is 13.6 Å². The van der Waals surface area contributed by atoms with Gasteiger partial charge in [-0.15, -0.1) is 11.8 Å². The van der Waals surface area contributed by atoms with Gasteiger partial charge in [-0.25, -0.2) is 8.78 Å². The summed E-state index contributed by atoms with van der Waals surface area (Å²) < 4.78 is 26.9. The van der Waals surface area contributed by atoms with Crippen molar-refractivity contribution in [3.05, 3.63) is 59.2 Å². The summed E-state index contributed by atoms with van der Waals surface area (Å²) in [4.78, 5) is 12.8. The maximum absolute atomic E-state index is 13.4. The van der Waals surface area contributed by atoms with E-state index >= 15 is 0 Å². The number of halogens is 2. The van der Waals surface area contributed by atoms with Crippen molar-refractivity contribution in [2.75, 3.05) is 11.1 Å². The van der Waals surface area contributed by atoms with Gasteiger partial charge in [0, 0.05) is 4.90 Å². The Hall–Kier alpha value is -1.88. The molecule has 2 aromatic rings.